The summed E-state index contributed by atoms with van der Waals surface area (Å²) in [7, 11) is 0. The van der Waals surface area contributed by atoms with Crippen LogP contribution in [0.15, 0.2) is 48.5 Å². The van der Waals surface area contributed by atoms with Crippen LogP contribution in [0.4, 0.5) is 22.0 Å². The lowest BCUT2D eigenvalue weighted by molar-refractivity contribution is -0.153. The van der Waals surface area contributed by atoms with E-state index in [0.29, 0.717) is 51.1 Å². The van der Waals surface area contributed by atoms with Crippen molar-refractivity contribution in [3.05, 3.63) is 65.2 Å². The molecule has 4 atom stereocenters. The molecular formula is C32H38F5N3O2. The number of benzene rings is 2. The Bertz CT molecular complexity index is 1260. The highest BCUT2D eigenvalue weighted by molar-refractivity contribution is 5.82. The smallest absolute Gasteiger partial charge is 0.422 e. The van der Waals surface area contributed by atoms with Crippen molar-refractivity contribution in [1.82, 2.24) is 15.5 Å². The Morgan fingerprint density at radius 2 is 1.71 bits per heavy atom. The van der Waals surface area contributed by atoms with Crippen molar-refractivity contribution in [2.45, 2.75) is 74.5 Å². The second-order valence-electron chi connectivity index (χ2n) is 12.6. The normalized spacial score (nSPS) is 29.8. The van der Waals surface area contributed by atoms with E-state index >= 15 is 0 Å². The lowest BCUT2D eigenvalue weighted by Gasteiger charge is -2.48. The minimum Gasteiger partial charge on any atom is -0.484 e. The third-order valence-electron chi connectivity index (χ3n) is 10.1. The van der Waals surface area contributed by atoms with Crippen LogP contribution in [0.3, 0.4) is 0 Å². The van der Waals surface area contributed by atoms with E-state index in [1.807, 2.05) is 29.2 Å². The summed E-state index contributed by atoms with van der Waals surface area (Å²) in [6, 6.07) is 15.2. The minimum absolute atomic E-state index is 0.00420. The van der Waals surface area contributed by atoms with Crippen molar-refractivity contribution in [3.8, 4) is 5.75 Å². The molecule has 228 valence electrons. The highest BCUT2D eigenvalue weighted by atomic mass is 19.4. The summed E-state index contributed by atoms with van der Waals surface area (Å²) >= 11 is 0. The predicted octanol–water partition coefficient (Wildman–Crippen LogP) is 5.79. The van der Waals surface area contributed by atoms with Gasteiger partial charge in [0.05, 0.1) is 5.92 Å². The molecule has 2 aromatic carbocycles. The molecule has 2 N–H and O–H groups in total. The minimum atomic E-state index is -4.46. The van der Waals surface area contributed by atoms with Gasteiger partial charge in [-0.2, -0.15) is 13.2 Å². The van der Waals surface area contributed by atoms with Crippen molar-refractivity contribution in [2.75, 3.05) is 32.8 Å². The average Bonchev–Trinajstić information content (AvgIpc) is 3.39. The van der Waals surface area contributed by atoms with Crippen LogP contribution in [-0.2, 0) is 16.8 Å². The quantitative estimate of drug-likeness (QED) is 0.433. The van der Waals surface area contributed by atoms with Gasteiger partial charge in [0.1, 0.15) is 5.75 Å². The third-order valence-corrected chi connectivity index (χ3v) is 10.1. The first kappa shape index (κ1) is 29.4. The number of piperidine rings is 1. The molecule has 1 amide bonds. The standard InChI is InChI=1S/C32H38F5N3O2/c33-31(34)12-9-22(10-13-31)27-15-23(21-5-2-1-3-6-21)11-14-40(27)29(41)26-17-39-19-30(26)18-38-16-24-25(30)7-4-8-28(24)42-20-32(35,36)37/h1-8,22-23,26-27,38-39H,9-20H2/t23-,26+,27+,30+/m1/s1. The van der Waals surface area contributed by atoms with Crippen LogP contribution < -0.4 is 15.4 Å². The summed E-state index contributed by atoms with van der Waals surface area (Å²) in [5.41, 5.74) is 2.06. The number of fused-ring (bicyclic) bond motifs is 2. The summed E-state index contributed by atoms with van der Waals surface area (Å²) in [4.78, 5) is 16.6. The number of hydrogen-bond acceptors (Lipinski definition) is 4. The Morgan fingerprint density at radius 3 is 2.45 bits per heavy atom. The molecule has 0 unspecified atom stereocenters. The number of carbonyl (C=O) groups excluding carboxylic acids is 1. The lowest BCUT2D eigenvalue weighted by atomic mass is 9.67. The Balaban J connectivity index is 1.29. The summed E-state index contributed by atoms with van der Waals surface area (Å²) in [6.45, 7) is 0.988. The molecular weight excluding hydrogens is 553 g/mol. The molecule has 4 aliphatic rings. The summed E-state index contributed by atoms with van der Waals surface area (Å²) in [5.74, 6) is -2.65. The molecule has 0 bridgehead atoms. The van der Waals surface area contributed by atoms with Gasteiger partial charge in [-0.05, 0) is 54.7 Å². The van der Waals surface area contributed by atoms with Crippen LogP contribution in [0, 0.1) is 11.8 Å². The number of hydrogen-bond donors (Lipinski definition) is 2. The number of alkyl halides is 5. The van der Waals surface area contributed by atoms with Gasteiger partial charge in [0.15, 0.2) is 6.61 Å². The fraction of sp³-hybridized carbons (Fsp3) is 0.594. The Labute approximate surface area is 243 Å². The molecule has 0 aromatic heterocycles. The van der Waals surface area contributed by atoms with Gasteiger partial charge >= 0.3 is 6.18 Å². The monoisotopic (exact) mass is 591 g/mol. The van der Waals surface area contributed by atoms with Gasteiger partial charge < -0.3 is 20.3 Å². The van der Waals surface area contributed by atoms with Crippen LogP contribution in [0.5, 0.6) is 5.75 Å². The van der Waals surface area contributed by atoms with E-state index in [1.165, 1.54) is 5.56 Å². The van der Waals surface area contributed by atoms with Crippen LogP contribution in [0.2, 0.25) is 0 Å². The van der Waals surface area contributed by atoms with E-state index in [9.17, 15) is 26.7 Å². The summed E-state index contributed by atoms with van der Waals surface area (Å²) in [6.07, 6.45) is -2.45. The molecule has 0 radical (unpaired) electrons. The van der Waals surface area contributed by atoms with Gasteiger partial charge in [-0.3, -0.25) is 4.79 Å². The zero-order valence-electron chi connectivity index (χ0n) is 23.6. The fourth-order valence-corrected chi connectivity index (χ4v) is 7.96. The maximum atomic E-state index is 14.6. The van der Waals surface area contributed by atoms with Gasteiger partial charge in [-0.15, -0.1) is 0 Å². The van der Waals surface area contributed by atoms with Crippen molar-refractivity contribution >= 4 is 5.91 Å². The number of rotatable bonds is 5. The number of likely N-dealkylation sites (tertiary alicyclic amines) is 1. The topological polar surface area (TPSA) is 53.6 Å². The lowest BCUT2D eigenvalue weighted by Crippen LogP contribution is -2.57. The number of amides is 1. The fourth-order valence-electron chi connectivity index (χ4n) is 7.96. The molecule has 3 heterocycles. The number of nitrogens with zero attached hydrogens (tertiary/aromatic N) is 1. The molecule has 2 saturated heterocycles. The van der Waals surface area contributed by atoms with Gasteiger partial charge in [-0.25, -0.2) is 8.78 Å². The maximum Gasteiger partial charge on any atom is 0.422 e. The van der Waals surface area contributed by atoms with Gasteiger partial charge in [0.2, 0.25) is 11.8 Å². The highest BCUT2D eigenvalue weighted by Crippen LogP contribution is 2.47. The molecule has 5 nitrogen and oxygen atoms in total. The van der Waals surface area contributed by atoms with E-state index in [0.717, 1.165) is 18.4 Å². The second kappa shape index (κ2) is 11.4. The molecule has 1 spiro atoms. The van der Waals surface area contributed by atoms with Gasteiger partial charge in [-0.1, -0.05) is 42.5 Å². The highest BCUT2D eigenvalue weighted by Gasteiger charge is 2.53. The van der Waals surface area contributed by atoms with Crippen LogP contribution >= 0.6 is 0 Å². The molecule has 6 rings (SSSR count). The molecule has 1 saturated carbocycles. The van der Waals surface area contributed by atoms with Crippen molar-refractivity contribution in [1.29, 1.82) is 0 Å². The van der Waals surface area contributed by atoms with E-state index in [2.05, 4.69) is 22.8 Å². The van der Waals surface area contributed by atoms with Crippen molar-refractivity contribution in [3.63, 3.8) is 0 Å². The molecule has 2 aromatic rings. The first-order chi connectivity index (χ1) is 20.1. The SMILES string of the molecule is O=C([C@@H]1CNC[C@]12CNCc1c(OCC(F)(F)F)cccc12)N1CC[C@@H](c2ccccc2)C[C@H]1C1CCC(F)(F)CC1. The maximum absolute atomic E-state index is 14.6. The number of nitrogens with one attached hydrogen (secondary N) is 2. The summed E-state index contributed by atoms with van der Waals surface area (Å²) in [5, 5.41) is 6.76. The van der Waals surface area contributed by atoms with Crippen LogP contribution in [0.1, 0.15) is 61.1 Å². The second-order valence-corrected chi connectivity index (χ2v) is 12.6. The Kier molecular flexibility index (Phi) is 7.98. The number of halogens is 5. The van der Waals surface area contributed by atoms with E-state index < -0.39 is 30.0 Å². The van der Waals surface area contributed by atoms with E-state index in [1.54, 1.807) is 12.1 Å². The predicted molar refractivity (Wildman–Crippen MR) is 149 cm³/mol. The van der Waals surface area contributed by atoms with Gasteiger partial charge in [0.25, 0.3) is 0 Å². The van der Waals surface area contributed by atoms with Crippen LogP contribution in [0.25, 0.3) is 0 Å². The Morgan fingerprint density at radius 1 is 0.976 bits per heavy atom. The van der Waals surface area contributed by atoms with Crippen molar-refractivity contribution in [2.24, 2.45) is 11.8 Å². The average molecular weight is 592 g/mol. The Hall–Kier alpha value is -2.72. The first-order valence-corrected chi connectivity index (χ1v) is 15.0. The van der Waals surface area contributed by atoms with Crippen LogP contribution in [-0.4, -0.2) is 61.7 Å². The first-order valence-electron chi connectivity index (χ1n) is 15.0. The molecule has 3 fully saturated rings. The molecule has 42 heavy (non-hydrogen) atoms. The third kappa shape index (κ3) is 5.76. The molecule has 1 aliphatic carbocycles. The number of carbonyl (C=O) groups is 1. The molecule has 10 heteroatoms. The largest absolute Gasteiger partial charge is 0.484 e. The number of ether oxygens (including phenoxy) is 1. The zero-order valence-corrected chi connectivity index (χ0v) is 23.6. The van der Waals surface area contributed by atoms with E-state index in [-0.39, 0.29) is 42.4 Å². The van der Waals surface area contributed by atoms with Crippen molar-refractivity contribution < 1.29 is 31.5 Å². The molecule has 3 aliphatic heterocycles. The zero-order chi connectivity index (χ0) is 29.5. The summed E-state index contributed by atoms with van der Waals surface area (Å²) < 4.78 is 72.4. The van der Waals surface area contributed by atoms with Gasteiger partial charge in [0, 0.05) is 62.6 Å². The van der Waals surface area contributed by atoms with E-state index in [4.69, 9.17) is 4.74 Å².